The van der Waals surface area contributed by atoms with E-state index in [-0.39, 0.29) is 5.41 Å². The molecule has 1 heteroatoms. The van der Waals surface area contributed by atoms with Gasteiger partial charge in [-0.05, 0) is 23.6 Å². The summed E-state index contributed by atoms with van der Waals surface area (Å²) in [6.07, 6.45) is 4.92. The minimum absolute atomic E-state index is 0.153. The maximum atomic E-state index is 4.40. The fourth-order valence-corrected chi connectivity index (χ4v) is 1.14. The summed E-state index contributed by atoms with van der Waals surface area (Å²) in [6, 6.07) is 10.3. The Bertz CT molecular complexity index is 322. The van der Waals surface area contributed by atoms with Gasteiger partial charge >= 0.3 is 0 Å². The maximum absolute atomic E-state index is 4.40. The summed E-state index contributed by atoms with van der Waals surface area (Å²) >= 11 is 0. The lowest BCUT2D eigenvalue weighted by Crippen LogP contribution is -2.06. The number of allylic oxidation sites excluding steroid dienone is 1. The monoisotopic (exact) mass is 201 g/mol. The minimum atomic E-state index is 0.153. The molecule has 0 bridgehead atoms. The smallest absolute Gasteiger partial charge is 0.0635 e. The van der Waals surface area contributed by atoms with E-state index >= 15 is 0 Å². The predicted octanol–water partition coefficient (Wildman–Crippen LogP) is 3.86. The lowest BCUT2D eigenvalue weighted by Gasteiger charge is -2.15. The SMILES string of the molecule is C=CC(C)(C)CC=NCc1ccccc1. The van der Waals surface area contributed by atoms with Crippen molar-refractivity contribution in [1.29, 1.82) is 0 Å². The van der Waals surface area contributed by atoms with Gasteiger partial charge in [-0.15, -0.1) is 6.58 Å². The Morgan fingerprint density at radius 2 is 1.93 bits per heavy atom. The summed E-state index contributed by atoms with van der Waals surface area (Å²) in [7, 11) is 0. The van der Waals surface area contributed by atoms with Gasteiger partial charge in [-0.1, -0.05) is 50.3 Å². The molecule has 0 saturated carbocycles. The summed E-state index contributed by atoms with van der Waals surface area (Å²) < 4.78 is 0. The molecule has 0 radical (unpaired) electrons. The molecule has 1 aromatic rings. The van der Waals surface area contributed by atoms with Crippen molar-refractivity contribution < 1.29 is 0 Å². The van der Waals surface area contributed by atoms with Crippen LogP contribution >= 0.6 is 0 Å². The van der Waals surface area contributed by atoms with Gasteiger partial charge in [0.1, 0.15) is 0 Å². The fourth-order valence-electron chi connectivity index (χ4n) is 1.14. The van der Waals surface area contributed by atoms with Crippen LogP contribution in [-0.2, 0) is 6.54 Å². The second-order valence-corrected chi connectivity index (χ2v) is 4.41. The standard InChI is InChI=1S/C14H19N/c1-4-14(2,3)10-11-15-12-13-8-6-5-7-9-13/h4-9,11H,1,10,12H2,2-3H3. The third-order valence-corrected chi connectivity index (χ3v) is 2.42. The average molecular weight is 201 g/mol. The average Bonchev–Trinajstić information content (AvgIpc) is 2.26. The van der Waals surface area contributed by atoms with Crippen molar-refractivity contribution >= 4 is 6.21 Å². The Kier molecular flexibility index (Phi) is 4.29. The first-order valence-electron chi connectivity index (χ1n) is 5.30. The molecular weight excluding hydrogens is 182 g/mol. The molecule has 0 fully saturated rings. The van der Waals surface area contributed by atoms with Crippen LogP contribution in [0.2, 0.25) is 0 Å². The van der Waals surface area contributed by atoms with Gasteiger partial charge in [0, 0.05) is 0 Å². The zero-order valence-corrected chi connectivity index (χ0v) is 9.61. The van der Waals surface area contributed by atoms with Crippen LogP contribution in [0.15, 0.2) is 48.0 Å². The number of hydrogen-bond donors (Lipinski definition) is 0. The lowest BCUT2D eigenvalue weighted by atomic mass is 9.90. The molecule has 0 saturated heterocycles. The van der Waals surface area contributed by atoms with Crippen molar-refractivity contribution in [3.63, 3.8) is 0 Å². The van der Waals surface area contributed by atoms with Crippen molar-refractivity contribution in [3.8, 4) is 0 Å². The highest BCUT2D eigenvalue weighted by Gasteiger charge is 2.09. The van der Waals surface area contributed by atoms with Crippen LogP contribution in [0, 0.1) is 5.41 Å². The molecule has 0 aromatic heterocycles. The van der Waals surface area contributed by atoms with Gasteiger partial charge in [0.2, 0.25) is 0 Å². The highest BCUT2D eigenvalue weighted by atomic mass is 14.7. The number of rotatable bonds is 5. The molecule has 1 rings (SSSR count). The first kappa shape index (κ1) is 11.7. The van der Waals surface area contributed by atoms with E-state index < -0.39 is 0 Å². The molecule has 0 spiro atoms. The number of nitrogens with zero attached hydrogens (tertiary/aromatic N) is 1. The van der Waals surface area contributed by atoms with Crippen LogP contribution in [0.4, 0.5) is 0 Å². The lowest BCUT2D eigenvalue weighted by molar-refractivity contribution is 0.509. The molecule has 1 aromatic carbocycles. The van der Waals surface area contributed by atoms with Gasteiger partial charge in [-0.25, -0.2) is 0 Å². The molecule has 80 valence electrons. The Hall–Kier alpha value is -1.37. The topological polar surface area (TPSA) is 12.4 Å². The van der Waals surface area contributed by atoms with Gasteiger partial charge in [0.25, 0.3) is 0 Å². The third kappa shape index (κ3) is 4.59. The van der Waals surface area contributed by atoms with Crippen molar-refractivity contribution in [2.75, 3.05) is 0 Å². The first-order chi connectivity index (χ1) is 7.14. The summed E-state index contributed by atoms with van der Waals surface area (Å²) in [5.41, 5.74) is 1.41. The molecule has 0 amide bonds. The van der Waals surface area contributed by atoms with Gasteiger partial charge < -0.3 is 0 Å². The summed E-state index contributed by atoms with van der Waals surface area (Å²) in [5, 5.41) is 0. The summed E-state index contributed by atoms with van der Waals surface area (Å²) in [4.78, 5) is 4.40. The van der Waals surface area contributed by atoms with E-state index in [1.165, 1.54) is 5.56 Å². The normalized spacial score (nSPS) is 11.9. The summed E-state index contributed by atoms with van der Waals surface area (Å²) in [6.45, 7) is 8.90. The highest BCUT2D eigenvalue weighted by molar-refractivity contribution is 5.58. The molecule has 0 aliphatic heterocycles. The maximum Gasteiger partial charge on any atom is 0.0635 e. The molecule has 0 heterocycles. The van der Waals surface area contributed by atoms with Gasteiger partial charge in [0.05, 0.1) is 6.54 Å². The Morgan fingerprint density at radius 1 is 1.27 bits per heavy atom. The van der Waals surface area contributed by atoms with Crippen LogP contribution < -0.4 is 0 Å². The highest BCUT2D eigenvalue weighted by Crippen LogP contribution is 2.19. The van der Waals surface area contributed by atoms with Gasteiger partial charge in [-0.2, -0.15) is 0 Å². The third-order valence-electron chi connectivity index (χ3n) is 2.42. The van der Waals surface area contributed by atoms with Crippen molar-refractivity contribution in [2.45, 2.75) is 26.8 Å². The fraction of sp³-hybridized carbons (Fsp3) is 0.357. The second-order valence-electron chi connectivity index (χ2n) is 4.41. The van der Waals surface area contributed by atoms with Crippen molar-refractivity contribution in [2.24, 2.45) is 10.4 Å². The van der Waals surface area contributed by atoms with Crippen LogP contribution in [0.3, 0.4) is 0 Å². The van der Waals surface area contributed by atoms with Crippen LogP contribution in [0.5, 0.6) is 0 Å². The zero-order chi connectivity index (χ0) is 11.1. The second kappa shape index (κ2) is 5.50. The van der Waals surface area contributed by atoms with E-state index in [4.69, 9.17) is 0 Å². The number of benzene rings is 1. The van der Waals surface area contributed by atoms with E-state index in [2.05, 4.69) is 37.6 Å². The molecule has 0 unspecified atom stereocenters. The van der Waals surface area contributed by atoms with Crippen LogP contribution in [0.25, 0.3) is 0 Å². The molecule has 0 atom stereocenters. The van der Waals surface area contributed by atoms with E-state index in [1.54, 1.807) is 0 Å². The van der Waals surface area contributed by atoms with Gasteiger partial charge in [-0.3, -0.25) is 4.99 Å². The molecule has 0 aliphatic rings. The quantitative estimate of drug-likeness (QED) is 0.506. The Balaban J connectivity index is 2.38. The van der Waals surface area contributed by atoms with Gasteiger partial charge in [0.15, 0.2) is 0 Å². The van der Waals surface area contributed by atoms with E-state index in [1.807, 2.05) is 30.5 Å². The number of hydrogen-bond acceptors (Lipinski definition) is 1. The molecule has 15 heavy (non-hydrogen) atoms. The first-order valence-corrected chi connectivity index (χ1v) is 5.30. The van der Waals surface area contributed by atoms with E-state index in [9.17, 15) is 0 Å². The van der Waals surface area contributed by atoms with Crippen molar-refractivity contribution in [1.82, 2.24) is 0 Å². The molecule has 0 N–H and O–H groups in total. The largest absolute Gasteiger partial charge is 0.293 e. The molecule has 0 aliphatic carbocycles. The predicted molar refractivity (Wildman–Crippen MR) is 67.2 cm³/mol. The van der Waals surface area contributed by atoms with E-state index in [0.717, 1.165) is 13.0 Å². The summed E-state index contributed by atoms with van der Waals surface area (Å²) in [5.74, 6) is 0. The Labute approximate surface area is 92.6 Å². The molecule has 1 nitrogen and oxygen atoms in total. The minimum Gasteiger partial charge on any atom is -0.293 e. The number of aliphatic imine (C=N–C) groups is 1. The van der Waals surface area contributed by atoms with Crippen LogP contribution in [-0.4, -0.2) is 6.21 Å². The zero-order valence-electron chi connectivity index (χ0n) is 9.61. The van der Waals surface area contributed by atoms with Crippen LogP contribution in [0.1, 0.15) is 25.8 Å². The molecular formula is C14H19N. The Morgan fingerprint density at radius 3 is 2.53 bits per heavy atom. The van der Waals surface area contributed by atoms with E-state index in [0.29, 0.717) is 0 Å². The van der Waals surface area contributed by atoms with Crippen molar-refractivity contribution in [3.05, 3.63) is 48.6 Å².